The van der Waals surface area contributed by atoms with Crippen LogP contribution in [0.15, 0.2) is 12.3 Å². The van der Waals surface area contributed by atoms with Gasteiger partial charge in [0.15, 0.2) is 5.69 Å². The first-order valence-corrected chi connectivity index (χ1v) is 9.27. The van der Waals surface area contributed by atoms with Gasteiger partial charge in [-0.25, -0.2) is 0 Å². The van der Waals surface area contributed by atoms with Crippen LogP contribution in [0.3, 0.4) is 0 Å². The average Bonchev–Trinajstić information content (AvgIpc) is 3.30. The number of rotatable bonds is 7. The number of nitrogens with one attached hydrogen (secondary N) is 1. The fraction of sp³-hybridized carbons (Fsp3) is 0.421. The monoisotopic (exact) mass is 399 g/mol. The summed E-state index contributed by atoms with van der Waals surface area (Å²) in [7, 11) is 1.91. The van der Waals surface area contributed by atoms with Gasteiger partial charge in [0.05, 0.1) is 42.3 Å². The Morgan fingerprint density at radius 3 is 2.41 bits per heavy atom. The number of hydrogen-bond donors (Lipinski definition) is 2. The number of amides is 1. The summed E-state index contributed by atoms with van der Waals surface area (Å²) in [4.78, 5) is 23.3. The Hall–Kier alpha value is -3.43. The van der Waals surface area contributed by atoms with Crippen LogP contribution in [0, 0.1) is 27.7 Å². The summed E-state index contributed by atoms with van der Waals surface area (Å²) >= 11 is 0. The number of carbonyl (C=O) groups excluding carboxylic acids is 1. The lowest BCUT2D eigenvalue weighted by atomic mass is 10.2. The van der Waals surface area contributed by atoms with Gasteiger partial charge < -0.3 is 10.4 Å². The van der Waals surface area contributed by atoms with E-state index in [1.165, 1.54) is 4.68 Å². The van der Waals surface area contributed by atoms with Gasteiger partial charge in [0.1, 0.15) is 0 Å². The fourth-order valence-corrected chi connectivity index (χ4v) is 3.22. The van der Waals surface area contributed by atoms with Crippen molar-refractivity contribution in [2.75, 3.05) is 5.32 Å². The predicted molar refractivity (Wildman–Crippen MR) is 106 cm³/mol. The number of carboxylic acids is 1. The number of aryl methyl sites for hydroxylation is 4. The van der Waals surface area contributed by atoms with Crippen molar-refractivity contribution in [3.63, 3.8) is 0 Å². The molecule has 0 fully saturated rings. The average molecular weight is 399 g/mol. The Bertz CT molecular complexity index is 1070. The van der Waals surface area contributed by atoms with Crippen molar-refractivity contribution in [2.45, 2.75) is 47.2 Å². The van der Waals surface area contributed by atoms with Crippen LogP contribution < -0.4 is 5.32 Å². The fourth-order valence-electron chi connectivity index (χ4n) is 3.22. The van der Waals surface area contributed by atoms with Crippen molar-refractivity contribution in [3.8, 4) is 0 Å². The van der Waals surface area contributed by atoms with Gasteiger partial charge in [-0.05, 0) is 33.8 Å². The van der Waals surface area contributed by atoms with Crippen LogP contribution in [-0.4, -0.2) is 46.3 Å². The summed E-state index contributed by atoms with van der Waals surface area (Å²) in [5.41, 5.74) is 5.55. The summed E-state index contributed by atoms with van der Waals surface area (Å²) < 4.78 is 5.15. The summed E-state index contributed by atoms with van der Waals surface area (Å²) in [6.45, 7) is 8.51. The molecule has 3 aromatic heterocycles. The number of nitrogens with zero attached hydrogens (tertiary/aromatic N) is 6. The minimum absolute atomic E-state index is 0.0547. The van der Waals surface area contributed by atoms with Gasteiger partial charge in [-0.15, -0.1) is 0 Å². The van der Waals surface area contributed by atoms with Crippen molar-refractivity contribution in [1.82, 2.24) is 29.3 Å². The number of carbonyl (C=O) groups is 2. The van der Waals surface area contributed by atoms with Gasteiger partial charge in [0.25, 0.3) is 5.91 Å². The molecule has 0 aliphatic rings. The van der Waals surface area contributed by atoms with Crippen LogP contribution in [-0.2, 0) is 24.9 Å². The molecule has 10 nitrogen and oxygen atoms in total. The third-order valence-electron chi connectivity index (χ3n) is 5.01. The predicted octanol–water partition coefficient (Wildman–Crippen LogP) is 1.82. The lowest BCUT2D eigenvalue weighted by Gasteiger charge is -2.07. The summed E-state index contributed by atoms with van der Waals surface area (Å²) in [5.74, 6) is -1.28. The van der Waals surface area contributed by atoms with E-state index in [1.807, 2.05) is 44.1 Å². The molecule has 3 aromatic rings. The SMILES string of the molecule is Cc1nn(C)c(C)c1Cn1nc(C)c(NC(=O)c2ccn(CCC(=O)O)n2)c1C. The first kappa shape index (κ1) is 20.3. The number of aromatic nitrogens is 6. The molecule has 0 saturated heterocycles. The van der Waals surface area contributed by atoms with Crippen LogP contribution in [0.25, 0.3) is 0 Å². The molecule has 10 heteroatoms. The number of aliphatic carboxylic acids is 1. The minimum Gasteiger partial charge on any atom is -0.481 e. The molecule has 0 aromatic carbocycles. The second kappa shape index (κ2) is 7.90. The van der Waals surface area contributed by atoms with E-state index in [4.69, 9.17) is 5.11 Å². The highest BCUT2D eigenvalue weighted by molar-refractivity contribution is 6.03. The molecule has 1 amide bonds. The van der Waals surface area contributed by atoms with Crippen LogP contribution in [0.4, 0.5) is 5.69 Å². The molecule has 0 unspecified atom stereocenters. The van der Waals surface area contributed by atoms with Crippen LogP contribution in [0.1, 0.15) is 45.2 Å². The van der Waals surface area contributed by atoms with Crippen molar-refractivity contribution >= 4 is 17.6 Å². The molecule has 0 bridgehead atoms. The minimum atomic E-state index is -0.913. The second-order valence-corrected chi connectivity index (χ2v) is 7.04. The molecular weight excluding hydrogens is 374 g/mol. The van der Waals surface area contributed by atoms with E-state index in [-0.39, 0.29) is 24.6 Å². The normalized spacial score (nSPS) is 11.1. The zero-order valence-corrected chi connectivity index (χ0v) is 17.2. The quantitative estimate of drug-likeness (QED) is 0.625. The molecule has 0 radical (unpaired) electrons. The second-order valence-electron chi connectivity index (χ2n) is 7.04. The smallest absolute Gasteiger partial charge is 0.305 e. The van der Waals surface area contributed by atoms with E-state index in [1.54, 1.807) is 12.3 Å². The van der Waals surface area contributed by atoms with E-state index >= 15 is 0 Å². The highest BCUT2D eigenvalue weighted by Gasteiger charge is 2.19. The molecular formula is C19H25N7O3. The van der Waals surface area contributed by atoms with E-state index in [2.05, 4.69) is 20.6 Å². The summed E-state index contributed by atoms with van der Waals surface area (Å²) in [6.07, 6.45) is 1.54. The maximum absolute atomic E-state index is 12.6. The Morgan fingerprint density at radius 2 is 1.79 bits per heavy atom. The van der Waals surface area contributed by atoms with Crippen LogP contribution >= 0.6 is 0 Å². The van der Waals surface area contributed by atoms with Gasteiger partial charge in [-0.3, -0.25) is 23.6 Å². The number of anilines is 1. The van der Waals surface area contributed by atoms with E-state index < -0.39 is 5.97 Å². The Labute approximate surface area is 168 Å². The molecule has 3 heterocycles. The zero-order valence-electron chi connectivity index (χ0n) is 17.2. The molecule has 154 valence electrons. The number of hydrogen-bond acceptors (Lipinski definition) is 5. The zero-order chi connectivity index (χ0) is 21.3. The third kappa shape index (κ3) is 4.20. The van der Waals surface area contributed by atoms with Gasteiger partial charge in [0, 0.05) is 24.5 Å². The van der Waals surface area contributed by atoms with Gasteiger partial charge >= 0.3 is 5.97 Å². The molecule has 29 heavy (non-hydrogen) atoms. The third-order valence-corrected chi connectivity index (χ3v) is 5.01. The molecule has 0 atom stereocenters. The number of carboxylic acid groups (broad SMARTS) is 1. The Morgan fingerprint density at radius 1 is 1.07 bits per heavy atom. The van der Waals surface area contributed by atoms with Gasteiger partial charge in [-0.2, -0.15) is 15.3 Å². The topological polar surface area (TPSA) is 120 Å². The largest absolute Gasteiger partial charge is 0.481 e. The molecule has 0 aliphatic heterocycles. The maximum Gasteiger partial charge on any atom is 0.305 e. The van der Waals surface area contributed by atoms with Crippen LogP contribution in [0.2, 0.25) is 0 Å². The first-order valence-electron chi connectivity index (χ1n) is 9.27. The highest BCUT2D eigenvalue weighted by Crippen LogP contribution is 2.22. The Balaban J connectivity index is 1.76. The summed E-state index contributed by atoms with van der Waals surface area (Å²) in [5, 5.41) is 24.8. The maximum atomic E-state index is 12.6. The van der Waals surface area contributed by atoms with Gasteiger partial charge in [-0.1, -0.05) is 0 Å². The first-order chi connectivity index (χ1) is 13.7. The molecule has 3 rings (SSSR count). The Kier molecular flexibility index (Phi) is 5.53. The van der Waals surface area contributed by atoms with Crippen LogP contribution in [0.5, 0.6) is 0 Å². The van der Waals surface area contributed by atoms with Crippen molar-refractivity contribution in [1.29, 1.82) is 0 Å². The van der Waals surface area contributed by atoms with E-state index in [0.717, 1.165) is 22.6 Å². The van der Waals surface area contributed by atoms with E-state index in [9.17, 15) is 9.59 Å². The van der Waals surface area contributed by atoms with Gasteiger partial charge in [0.2, 0.25) is 0 Å². The van der Waals surface area contributed by atoms with Crippen molar-refractivity contribution < 1.29 is 14.7 Å². The highest BCUT2D eigenvalue weighted by atomic mass is 16.4. The lowest BCUT2D eigenvalue weighted by Crippen LogP contribution is -2.15. The van der Waals surface area contributed by atoms with E-state index in [0.29, 0.717) is 17.9 Å². The molecule has 0 aliphatic carbocycles. The standard InChI is InChI=1S/C19H25N7O3/c1-11-15(13(3)24(5)21-11)10-26-14(4)18(12(2)22-26)20-19(29)16-6-8-25(23-16)9-7-17(27)28/h6,8H,7,9-10H2,1-5H3,(H,20,29)(H,27,28). The molecule has 0 saturated carbocycles. The molecule has 2 N–H and O–H groups in total. The van der Waals surface area contributed by atoms with Crippen molar-refractivity contribution in [3.05, 3.63) is 46.3 Å². The molecule has 0 spiro atoms. The summed E-state index contributed by atoms with van der Waals surface area (Å²) in [6, 6.07) is 1.56. The lowest BCUT2D eigenvalue weighted by molar-refractivity contribution is -0.137. The van der Waals surface area contributed by atoms with Crippen molar-refractivity contribution in [2.24, 2.45) is 7.05 Å².